The summed E-state index contributed by atoms with van der Waals surface area (Å²) in [5.74, 6) is 0.594. The Balaban J connectivity index is 1.80. The molecule has 0 radical (unpaired) electrons. The Morgan fingerprint density at radius 1 is 1.38 bits per heavy atom. The molecule has 3 heterocycles. The number of nitrogens with two attached hydrogens (primary N) is 1. The van der Waals surface area contributed by atoms with Gasteiger partial charge in [-0.25, -0.2) is 9.78 Å². The summed E-state index contributed by atoms with van der Waals surface area (Å²) in [5, 5.41) is 3.28. The monoisotopic (exact) mass is 388 g/mol. The van der Waals surface area contributed by atoms with Gasteiger partial charge in [0.2, 0.25) is 0 Å². The highest BCUT2D eigenvalue weighted by molar-refractivity contribution is 9.10. The molecule has 1 aromatic carbocycles. The second-order valence-electron chi connectivity index (χ2n) is 6.51. The fourth-order valence-corrected chi connectivity index (χ4v) is 3.58. The van der Waals surface area contributed by atoms with Crippen LogP contribution in [-0.2, 0) is 16.8 Å². The number of nitrogens with zero attached hydrogens (tertiary/aromatic N) is 2. The van der Waals surface area contributed by atoms with E-state index >= 15 is 0 Å². The standard InChI is InChI=1S/C17H17BrN4O2/c1-17(2)11-8-10(20-15-12(19)3-4-13(18)21-15)7-9-5-6-22(14(9)11)16(23)24-17/h3-4,7-8H,5-6,19H2,1-2H3,(H,20,21). The number of pyridine rings is 1. The average Bonchev–Trinajstić information content (AvgIpc) is 2.93. The second kappa shape index (κ2) is 5.11. The van der Waals surface area contributed by atoms with E-state index in [4.69, 9.17) is 10.5 Å². The van der Waals surface area contributed by atoms with Crippen molar-refractivity contribution in [2.75, 3.05) is 22.5 Å². The lowest BCUT2D eigenvalue weighted by Gasteiger charge is -2.37. The number of anilines is 4. The molecule has 0 unspecified atom stereocenters. The predicted octanol–water partition coefficient (Wildman–Crippen LogP) is 3.92. The highest BCUT2D eigenvalue weighted by atomic mass is 79.9. The van der Waals surface area contributed by atoms with Crippen molar-refractivity contribution in [1.29, 1.82) is 0 Å². The molecular weight excluding hydrogens is 372 g/mol. The lowest BCUT2D eigenvalue weighted by Crippen LogP contribution is -2.41. The van der Waals surface area contributed by atoms with Crippen LogP contribution >= 0.6 is 15.9 Å². The van der Waals surface area contributed by atoms with Gasteiger partial charge in [0.1, 0.15) is 10.2 Å². The second-order valence-corrected chi connectivity index (χ2v) is 7.32. The van der Waals surface area contributed by atoms with Gasteiger partial charge in [-0.2, -0.15) is 0 Å². The molecule has 0 saturated heterocycles. The number of hydrogen-bond donors (Lipinski definition) is 2. The molecule has 1 amide bonds. The van der Waals surface area contributed by atoms with Crippen LogP contribution < -0.4 is 16.0 Å². The summed E-state index contributed by atoms with van der Waals surface area (Å²) in [5.41, 5.74) is 9.89. The number of hydrogen-bond acceptors (Lipinski definition) is 5. The highest BCUT2D eigenvalue weighted by Gasteiger charge is 2.42. The summed E-state index contributed by atoms with van der Waals surface area (Å²) < 4.78 is 6.31. The van der Waals surface area contributed by atoms with Gasteiger partial charge in [-0.1, -0.05) is 0 Å². The molecule has 124 valence electrons. The number of benzene rings is 1. The largest absolute Gasteiger partial charge is 0.438 e. The molecule has 0 bridgehead atoms. The number of carbonyl (C=O) groups excluding carboxylic acids is 1. The zero-order valence-corrected chi connectivity index (χ0v) is 15.0. The summed E-state index contributed by atoms with van der Waals surface area (Å²) in [6.45, 7) is 4.47. The Kier molecular flexibility index (Phi) is 3.25. The lowest BCUT2D eigenvalue weighted by atomic mass is 9.92. The number of nitrogens with one attached hydrogen (secondary N) is 1. The van der Waals surface area contributed by atoms with Crippen molar-refractivity contribution in [2.24, 2.45) is 0 Å². The van der Waals surface area contributed by atoms with Crippen LogP contribution in [0.3, 0.4) is 0 Å². The van der Waals surface area contributed by atoms with Gasteiger partial charge in [-0.05, 0) is 66.0 Å². The summed E-state index contributed by atoms with van der Waals surface area (Å²) >= 11 is 3.36. The van der Waals surface area contributed by atoms with Crippen molar-refractivity contribution in [3.8, 4) is 0 Å². The van der Waals surface area contributed by atoms with Gasteiger partial charge < -0.3 is 15.8 Å². The number of amides is 1. The van der Waals surface area contributed by atoms with Crippen LogP contribution in [0.15, 0.2) is 28.9 Å². The van der Waals surface area contributed by atoms with E-state index in [0.29, 0.717) is 22.7 Å². The van der Waals surface area contributed by atoms with Crippen LogP contribution in [0.4, 0.5) is 27.7 Å². The molecule has 6 nitrogen and oxygen atoms in total. The molecule has 4 rings (SSSR count). The molecule has 0 aliphatic carbocycles. The Morgan fingerprint density at radius 3 is 2.96 bits per heavy atom. The molecule has 0 saturated carbocycles. The third-order valence-electron chi connectivity index (χ3n) is 4.43. The number of halogens is 1. The van der Waals surface area contributed by atoms with Gasteiger partial charge in [0, 0.05) is 17.8 Å². The van der Waals surface area contributed by atoms with E-state index in [1.165, 1.54) is 0 Å². The number of rotatable bonds is 2. The molecule has 2 aliphatic heterocycles. The molecule has 2 aromatic rings. The molecule has 0 spiro atoms. The molecule has 24 heavy (non-hydrogen) atoms. The van der Waals surface area contributed by atoms with Crippen LogP contribution in [0.1, 0.15) is 25.0 Å². The number of cyclic esters (lactones) is 1. The number of aromatic nitrogens is 1. The van der Waals surface area contributed by atoms with E-state index in [1.807, 2.05) is 19.9 Å². The van der Waals surface area contributed by atoms with Crippen LogP contribution in [0.25, 0.3) is 0 Å². The average molecular weight is 389 g/mol. The van der Waals surface area contributed by atoms with Crippen LogP contribution in [0, 0.1) is 0 Å². The maximum atomic E-state index is 12.2. The van der Waals surface area contributed by atoms with E-state index < -0.39 is 5.60 Å². The smallest absolute Gasteiger partial charge is 0.415 e. The van der Waals surface area contributed by atoms with Gasteiger partial charge in [0.25, 0.3) is 0 Å². The molecule has 0 atom stereocenters. The number of ether oxygens (including phenoxy) is 1. The minimum atomic E-state index is -0.671. The molecule has 1 aromatic heterocycles. The SMILES string of the molecule is CC1(C)OC(=O)N2CCc3cc(Nc4nc(Br)ccc4N)cc1c32. The first-order valence-electron chi connectivity index (χ1n) is 7.72. The predicted molar refractivity (Wildman–Crippen MR) is 96.6 cm³/mol. The fraction of sp³-hybridized carbons (Fsp3) is 0.294. The first kappa shape index (κ1) is 15.3. The van der Waals surface area contributed by atoms with Crippen molar-refractivity contribution in [1.82, 2.24) is 4.98 Å². The number of carbonyl (C=O) groups is 1. The number of nitrogen functional groups attached to an aromatic ring is 1. The third-order valence-corrected chi connectivity index (χ3v) is 4.87. The summed E-state index contributed by atoms with van der Waals surface area (Å²) in [6.07, 6.45) is 0.537. The molecule has 2 aliphatic rings. The maximum absolute atomic E-state index is 12.2. The van der Waals surface area contributed by atoms with E-state index in [1.54, 1.807) is 17.0 Å². The van der Waals surface area contributed by atoms with Gasteiger partial charge in [-0.3, -0.25) is 4.90 Å². The quantitative estimate of drug-likeness (QED) is 0.762. The van der Waals surface area contributed by atoms with E-state index in [9.17, 15) is 4.79 Å². The van der Waals surface area contributed by atoms with Gasteiger partial charge >= 0.3 is 6.09 Å². The van der Waals surface area contributed by atoms with E-state index in [2.05, 4.69) is 32.3 Å². The van der Waals surface area contributed by atoms with Gasteiger partial charge in [0.15, 0.2) is 5.82 Å². The Morgan fingerprint density at radius 2 is 2.17 bits per heavy atom. The normalized spacial score (nSPS) is 17.5. The van der Waals surface area contributed by atoms with E-state index in [-0.39, 0.29) is 6.09 Å². The fourth-order valence-electron chi connectivity index (χ4n) is 3.27. The van der Waals surface area contributed by atoms with Crippen molar-refractivity contribution < 1.29 is 9.53 Å². The topological polar surface area (TPSA) is 80.5 Å². The molecule has 3 N–H and O–H groups in total. The Hall–Kier alpha value is -2.28. The first-order valence-corrected chi connectivity index (χ1v) is 8.51. The van der Waals surface area contributed by atoms with E-state index in [0.717, 1.165) is 28.9 Å². The van der Waals surface area contributed by atoms with Crippen LogP contribution in [-0.4, -0.2) is 17.6 Å². The van der Waals surface area contributed by atoms with Crippen molar-refractivity contribution in [3.05, 3.63) is 40.0 Å². The van der Waals surface area contributed by atoms with Crippen LogP contribution in [0.2, 0.25) is 0 Å². The van der Waals surface area contributed by atoms with Gasteiger partial charge in [-0.15, -0.1) is 0 Å². The zero-order valence-electron chi connectivity index (χ0n) is 13.4. The molecule has 0 fully saturated rings. The molecular formula is C17H17BrN4O2. The zero-order chi connectivity index (χ0) is 17.1. The van der Waals surface area contributed by atoms with Crippen LogP contribution in [0.5, 0.6) is 0 Å². The third kappa shape index (κ3) is 2.31. The summed E-state index contributed by atoms with van der Waals surface area (Å²) in [7, 11) is 0. The minimum absolute atomic E-state index is 0.273. The Labute approximate surface area is 148 Å². The highest BCUT2D eigenvalue weighted by Crippen LogP contribution is 2.45. The van der Waals surface area contributed by atoms with Crippen molar-refractivity contribution >= 4 is 44.9 Å². The Bertz CT molecular complexity index is 866. The minimum Gasteiger partial charge on any atom is -0.438 e. The molecule has 7 heteroatoms. The van der Waals surface area contributed by atoms with Crippen molar-refractivity contribution in [2.45, 2.75) is 25.9 Å². The lowest BCUT2D eigenvalue weighted by molar-refractivity contribution is 0.0359. The summed E-state index contributed by atoms with van der Waals surface area (Å²) in [4.78, 5) is 18.2. The first-order chi connectivity index (χ1) is 11.3. The maximum Gasteiger partial charge on any atom is 0.415 e. The van der Waals surface area contributed by atoms with Crippen molar-refractivity contribution in [3.63, 3.8) is 0 Å². The summed E-state index contributed by atoms with van der Waals surface area (Å²) in [6, 6.07) is 7.65. The van der Waals surface area contributed by atoms with Gasteiger partial charge in [0.05, 0.1) is 11.4 Å².